The number of amides is 2. The van der Waals surface area contributed by atoms with Crippen molar-refractivity contribution in [1.29, 1.82) is 5.26 Å². The number of rotatable bonds is 7. The maximum atomic E-state index is 13.2. The zero-order valence-corrected chi connectivity index (χ0v) is 23.0. The summed E-state index contributed by atoms with van der Waals surface area (Å²) in [4.78, 5) is 30.9. The molecule has 1 aliphatic rings. The van der Waals surface area contributed by atoms with E-state index in [-0.39, 0.29) is 33.9 Å². The molecule has 0 saturated carbocycles. The molecule has 1 aliphatic heterocycles. The third kappa shape index (κ3) is 6.38. The lowest BCUT2D eigenvalue weighted by Crippen LogP contribution is -2.43. The van der Waals surface area contributed by atoms with Crippen LogP contribution in [0, 0.1) is 11.3 Å². The van der Waals surface area contributed by atoms with E-state index in [0.29, 0.717) is 40.2 Å². The van der Waals surface area contributed by atoms with Gasteiger partial charge in [0.05, 0.1) is 16.3 Å². The number of nitrogens with zero attached hydrogens (tertiary/aromatic N) is 2. The van der Waals surface area contributed by atoms with Crippen molar-refractivity contribution >= 4 is 34.9 Å². The lowest BCUT2D eigenvalue weighted by Gasteiger charge is -2.23. The quantitative estimate of drug-likeness (QED) is 0.214. The molecule has 0 bridgehead atoms. The molecule has 2 amide bonds. The van der Waals surface area contributed by atoms with Gasteiger partial charge in [-0.1, -0.05) is 60.5 Å². The zero-order valence-electron chi connectivity index (χ0n) is 22.3. The molecule has 1 saturated heterocycles. The first-order valence-corrected chi connectivity index (χ1v) is 13.8. The van der Waals surface area contributed by atoms with Crippen molar-refractivity contribution in [3.8, 4) is 28.5 Å². The summed E-state index contributed by atoms with van der Waals surface area (Å²) in [5.41, 5.74) is 9.83. The SMILES string of the molecule is N#Cc1c(-c2cccc(C(=O)NCC3CCCCN3)c2)cc(-c2ccccc2N)nc1NC(=O)c1ccccc1Cl. The highest BCUT2D eigenvalue weighted by molar-refractivity contribution is 6.34. The van der Waals surface area contributed by atoms with Crippen LogP contribution in [0.4, 0.5) is 11.5 Å². The minimum Gasteiger partial charge on any atom is -0.398 e. The van der Waals surface area contributed by atoms with Gasteiger partial charge < -0.3 is 21.7 Å². The fraction of sp³-hybridized carbons (Fsp3) is 0.188. The molecule has 41 heavy (non-hydrogen) atoms. The molecule has 0 spiro atoms. The lowest BCUT2D eigenvalue weighted by molar-refractivity contribution is 0.0947. The maximum Gasteiger partial charge on any atom is 0.258 e. The Bertz CT molecular complexity index is 1640. The maximum absolute atomic E-state index is 13.2. The van der Waals surface area contributed by atoms with Gasteiger partial charge in [-0.15, -0.1) is 0 Å². The number of anilines is 2. The highest BCUT2D eigenvalue weighted by Crippen LogP contribution is 2.35. The molecule has 206 valence electrons. The molecule has 8 nitrogen and oxygen atoms in total. The zero-order chi connectivity index (χ0) is 28.8. The van der Waals surface area contributed by atoms with Gasteiger partial charge in [-0.25, -0.2) is 4.98 Å². The van der Waals surface area contributed by atoms with E-state index in [4.69, 9.17) is 17.3 Å². The highest BCUT2D eigenvalue weighted by Gasteiger charge is 2.21. The third-order valence-electron chi connectivity index (χ3n) is 7.08. The van der Waals surface area contributed by atoms with Gasteiger partial charge in [0.15, 0.2) is 5.82 Å². The molecule has 1 atom stereocenters. The topological polar surface area (TPSA) is 133 Å². The fourth-order valence-electron chi connectivity index (χ4n) is 4.91. The minimum absolute atomic E-state index is 0.0615. The van der Waals surface area contributed by atoms with E-state index < -0.39 is 5.91 Å². The van der Waals surface area contributed by atoms with E-state index in [0.717, 1.165) is 25.8 Å². The van der Waals surface area contributed by atoms with E-state index in [2.05, 4.69) is 27.0 Å². The Labute approximate surface area is 243 Å². The molecule has 2 heterocycles. The fourth-order valence-corrected chi connectivity index (χ4v) is 5.13. The standard InChI is InChI=1S/C32H29ClN6O2/c33-27-13-3-1-11-23(27)32(41)39-30-26(18-34)25(17-29(38-30)24-12-2-4-14-28(24)35)20-8-7-9-21(16-20)31(40)37-19-22-10-5-6-15-36-22/h1-4,7-9,11-14,16-17,22,36H,5-6,10,15,19,35H2,(H,37,40)(H,38,39,41). The first kappa shape index (κ1) is 27.8. The normalized spacial score (nSPS) is 14.6. The highest BCUT2D eigenvalue weighted by atomic mass is 35.5. The number of nitriles is 1. The summed E-state index contributed by atoms with van der Waals surface area (Å²) < 4.78 is 0. The summed E-state index contributed by atoms with van der Waals surface area (Å²) in [6.45, 7) is 1.50. The largest absolute Gasteiger partial charge is 0.398 e. The van der Waals surface area contributed by atoms with E-state index in [1.165, 1.54) is 0 Å². The van der Waals surface area contributed by atoms with Crippen LogP contribution in [-0.4, -0.2) is 35.9 Å². The Balaban J connectivity index is 1.54. The number of carbonyl (C=O) groups excluding carboxylic acids is 2. The van der Waals surface area contributed by atoms with Gasteiger partial charge in [-0.05, 0) is 61.3 Å². The summed E-state index contributed by atoms with van der Waals surface area (Å²) in [5, 5.41) is 19.7. The summed E-state index contributed by atoms with van der Waals surface area (Å²) in [6, 6.07) is 25.1. The summed E-state index contributed by atoms with van der Waals surface area (Å²) in [6.07, 6.45) is 3.32. The van der Waals surface area contributed by atoms with Gasteiger partial charge in [0, 0.05) is 35.0 Å². The molecule has 5 rings (SSSR count). The number of nitrogens with two attached hydrogens (primary N) is 1. The molecule has 0 aliphatic carbocycles. The number of benzene rings is 3. The second-order valence-electron chi connectivity index (χ2n) is 9.85. The van der Waals surface area contributed by atoms with E-state index in [1.54, 1.807) is 54.6 Å². The van der Waals surface area contributed by atoms with Gasteiger partial charge in [0.1, 0.15) is 11.6 Å². The van der Waals surface area contributed by atoms with Crippen molar-refractivity contribution in [1.82, 2.24) is 15.6 Å². The molecule has 1 fully saturated rings. The van der Waals surface area contributed by atoms with Crippen LogP contribution in [0.5, 0.6) is 0 Å². The van der Waals surface area contributed by atoms with Crippen LogP contribution >= 0.6 is 11.6 Å². The van der Waals surface area contributed by atoms with Crippen LogP contribution in [-0.2, 0) is 0 Å². The number of hydrogen-bond donors (Lipinski definition) is 4. The van der Waals surface area contributed by atoms with Gasteiger partial charge >= 0.3 is 0 Å². The predicted molar refractivity (Wildman–Crippen MR) is 162 cm³/mol. The van der Waals surface area contributed by atoms with E-state index >= 15 is 0 Å². The van der Waals surface area contributed by atoms with Crippen LogP contribution in [0.1, 0.15) is 45.5 Å². The van der Waals surface area contributed by atoms with Crippen molar-refractivity contribution in [2.24, 2.45) is 0 Å². The first-order chi connectivity index (χ1) is 19.9. The molecule has 4 aromatic rings. The van der Waals surface area contributed by atoms with E-state index in [9.17, 15) is 14.9 Å². The molecule has 1 unspecified atom stereocenters. The lowest BCUT2D eigenvalue weighted by atomic mass is 9.96. The number of nitrogens with one attached hydrogen (secondary N) is 3. The van der Waals surface area contributed by atoms with Gasteiger partial charge in [-0.2, -0.15) is 5.26 Å². The molecular weight excluding hydrogens is 536 g/mol. The number of carbonyl (C=O) groups is 2. The summed E-state index contributed by atoms with van der Waals surface area (Å²) in [5.74, 6) is -0.647. The van der Waals surface area contributed by atoms with Crippen molar-refractivity contribution in [2.45, 2.75) is 25.3 Å². The number of pyridine rings is 1. The monoisotopic (exact) mass is 564 g/mol. The Kier molecular flexibility index (Phi) is 8.59. The molecular formula is C32H29ClN6O2. The molecule has 5 N–H and O–H groups in total. The minimum atomic E-state index is -0.506. The number of hydrogen-bond acceptors (Lipinski definition) is 6. The first-order valence-electron chi connectivity index (χ1n) is 13.4. The Morgan fingerprint density at radius 1 is 1.00 bits per heavy atom. The average molecular weight is 565 g/mol. The smallest absolute Gasteiger partial charge is 0.258 e. The van der Waals surface area contributed by atoms with Crippen molar-refractivity contribution < 1.29 is 9.59 Å². The van der Waals surface area contributed by atoms with Gasteiger partial charge in [0.25, 0.3) is 11.8 Å². The molecule has 0 radical (unpaired) electrons. The number of halogens is 1. The second kappa shape index (κ2) is 12.6. The summed E-state index contributed by atoms with van der Waals surface area (Å²) in [7, 11) is 0. The summed E-state index contributed by atoms with van der Waals surface area (Å²) >= 11 is 6.25. The van der Waals surface area contributed by atoms with Gasteiger partial charge in [-0.3, -0.25) is 9.59 Å². The number of para-hydroxylation sites is 1. The average Bonchev–Trinajstić information content (AvgIpc) is 3.00. The number of aromatic nitrogens is 1. The Morgan fingerprint density at radius 2 is 1.80 bits per heavy atom. The second-order valence-corrected chi connectivity index (χ2v) is 10.3. The van der Waals surface area contributed by atoms with E-state index in [1.807, 2.05) is 24.3 Å². The Morgan fingerprint density at radius 3 is 2.56 bits per heavy atom. The third-order valence-corrected chi connectivity index (χ3v) is 7.41. The molecule has 9 heteroatoms. The van der Waals surface area contributed by atoms with Crippen molar-refractivity contribution in [3.63, 3.8) is 0 Å². The van der Waals surface area contributed by atoms with Crippen molar-refractivity contribution in [2.75, 3.05) is 24.1 Å². The number of piperidine rings is 1. The molecule has 3 aromatic carbocycles. The predicted octanol–water partition coefficient (Wildman–Crippen LogP) is 5.65. The van der Waals surface area contributed by atoms with Gasteiger partial charge in [0.2, 0.25) is 0 Å². The molecule has 1 aromatic heterocycles. The number of nitrogen functional groups attached to an aromatic ring is 1. The Hall–Kier alpha value is -4.71. The van der Waals surface area contributed by atoms with Crippen LogP contribution < -0.4 is 21.7 Å². The van der Waals surface area contributed by atoms with Crippen LogP contribution in [0.15, 0.2) is 78.9 Å². The van der Waals surface area contributed by atoms with Crippen LogP contribution in [0.2, 0.25) is 5.02 Å². The van der Waals surface area contributed by atoms with Crippen LogP contribution in [0.3, 0.4) is 0 Å². The van der Waals surface area contributed by atoms with Crippen LogP contribution in [0.25, 0.3) is 22.4 Å². The van der Waals surface area contributed by atoms with Crippen molar-refractivity contribution in [3.05, 3.63) is 101 Å².